The third kappa shape index (κ3) is 15.6. The monoisotopic (exact) mass is 1020 g/mol. The maximum absolute atomic E-state index is 14.5. The summed E-state index contributed by atoms with van der Waals surface area (Å²) in [6.07, 6.45) is 8.42. The van der Waals surface area contributed by atoms with E-state index in [-0.39, 0.29) is 49.0 Å². The van der Waals surface area contributed by atoms with Crippen LogP contribution in [0.25, 0.3) is 0 Å². The molecule has 4 aliphatic rings. The second-order valence-corrected chi connectivity index (χ2v) is 21.6. The van der Waals surface area contributed by atoms with E-state index in [1.165, 1.54) is 27.0 Å². The number of esters is 2. The van der Waals surface area contributed by atoms with Gasteiger partial charge >= 0.3 is 11.9 Å². The van der Waals surface area contributed by atoms with Crippen molar-refractivity contribution < 1.29 is 78.0 Å². The lowest BCUT2D eigenvalue weighted by Gasteiger charge is -2.42. The lowest BCUT2D eigenvalue weighted by Crippen LogP contribution is -2.61. The van der Waals surface area contributed by atoms with Crippen molar-refractivity contribution in [3.8, 4) is 0 Å². The number of carbonyl (C=O) groups is 6. The van der Waals surface area contributed by atoms with Gasteiger partial charge < -0.3 is 54.1 Å². The highest BCUT2D eigenvalue weighted by Gasteiger charge is 2.53. The molecule has 72 heavy (non-hydrogen) atoms. The van der Waals surface area contributed by atoms with E-state index in [0.717, 1.165) is 10.5 Å². The van der Waals surface area contributed by atoms with Crippen molar-refractivity contribution >= 4 is 35.2 Å². The Morgan fingerprint density at radius 3 is 2.21 bits per heavy atom. The molecule has 0 aromatic heterocycles. The average molecular weight is 1020 g/mol. The minimum Gasteiger partial charge on any atom is -0.460 e. The molecule has 1 amide bonds. The number of methoxy groups -OCH3 is 2. The quantitative estimate of drug-likeness (QED) is 0.115. The molecule has 1 saturated carbocycles. The summed E-state index contributed by atoms with van der Waals surface area (Å²) in [7, 11) is 3.05. The van der Waals surface area contributed by atoms with Crippen molar-refractivity contribution in [2.24, 2.45) is 40.9 Å². The number of Topliss-reactive ketones (excluding diaryl/α,β-unsaturated/α-hetero) is 3. The first-order valence-corrected chi connectivity index (χ1v) is 26.0. The molecule has 17 nitrogen and oxygen atoms in total. The fourth-order valence-electron chi connectivity index (χ4n) is 10.5. The zero-order valence-corrected chi connectivity index (χ0v) is 44.3. The highest BCUT2D eigenvalue weighted by Crippen LogP contribution is 2.38. The van der Waals surface area contributed by atoms with E-state index < -0.39 is 126 Å². The Balaban J connectivity index is 1.68. The number of hydrogen-bond donors (Lipinski definition) is 5. The van der Waals surface area contributed by atoms with E-state index in [2.05, 4.69) is 0 Å². The number of fused-ring (bicyclic) bond motifs is 3. The Bertz CT molecular complexity index is 1990. The van der Waals surface area contributed by atoms with Crippen LogP contribution in [0.1, 0.15) is 132 Å². The van der Waals surface area contributed by atoms with Crippen LogP contribution in [0.3, 0.4) is 0 Å². The van der Waals surface area contributed by atoms with Crippen LogP contribution >= 0.6 is 0 Å². The molecule has 0 radical (unpaired) electrons. The highest BCUT2D eigenvalue weighted by atomic mass is 16.6. The Labute approximate surface area is 426 Å². The van der Waals surface area contributed by atoms with E-state index in [4.69, 9.17) is 23.7 Å². The minimum absolute atomic E-state index is 0.0350. The number of hydrogen-bond acceptors (Lipinski definition) is 16. The van der Waals surface area contributed by atoms with Crippen LogP contribution in [-0.4, -0.2) is 154 Å². The van der Waals surface area contributed by atoms with Crippen LogP contribution in [0, 0.1) is 40.9 Å². The normalized spacial score (nSPS) is 37.8. The fraction of sp³-hybridized carbons (Fsp3) is 0.745. The summed E-state index contributed by atoms with van der Waals surface area (Å²) in [5, 5.41) is 53.8. The molecule has 2 bridgehead atoms. The van der Waals surface area contributed by atoms with Crippen molar-refractivity contribution in [3.63, 3.8) is 0 Å². The lowest BCUT2D eigenvalue weighted by atomic mass is 9.78. The average Bonchev–Trinajstić information content (AvgIpc) is 3.36. The summed E-state index contributed by atoms with van der Waals surface area (Å²) < 4.78 is 29.8. The molecular weight excluding hydrogens is 931 g/mol. The number of amides is 1. The Hall–Kier alpha value is -3.94. The summed E-state index contributed by atoms with van der Waals surface area (Å²) in [6.45, 7) is 12.4. The van der Waals surface area contributed by atoms with Gasteiger partial charge in [0.1, 0.15) is 41.7 Å². The highest BCUT2D eigenvalue weighted by molar-refractivity contribution is 6.39. The van der Waals surface area contributed by atoms with Gasteiger partial charge in [-0.25, -0.2) is 4.79 Å². The maximum Gasteiger partial charge on any atom is 0.329 e. The second kappa shape index (κ2) is 27.6. The van der Waals surface area contributed by atoms with Gasteiger partial charge in [0, 0.05) is 51.4 Å². The summed E-state index contributed by atoms with van der Waals surface area (Å²) in [4.78, 5) is 84.8. The number of ether oxygens (including phenoxy) is 5. The van der Waals surface area contributed by atoms with Gasteiger partial charge in [0.05, 0.1) is 31.5 Å². The van der Waals surface area contributed by atoms with Crippen molar-refractivity contribution in [2.45, 2.75) is 187 Å². The zero-order chi connectivity index (χ0) is 53.7. The number of piperidine rings is 1. The SMILES string of the molecule is CO[C@H]1C[C@@H]2CC[C@@H](C)[C@@](O)(O2)C(=O)C(=O)N2CCCC[C@H]2C(=O)O[C@H]([C@H](C)C[C@@H]2CC[C@@H](OC(=O)C(C)(CO)CO)[C@H](OC)C2)CC(=O)[C@H](C)/C=C(\C)[C@@H](O)[C@@H](O)C(=O)[C@H](C)C[C@H](C)\C=C/C=C/C=C/1C. The van der Waals surface area contributed by atoms with Gasteiger partial charge in [0.2, 0.25) is 5.79 Å². The van der Waals surface area contributed by atoms with Crippen molar-refractivity contribution in [1.82, 2.24) is 4.90 Å². The molecule has 0 unspecified atom stereocenters. The van der Waals surface area contributed by atoms with E-state index in [1.54, 1.807) is 27.9 Å². The topological polar surface area (TPSA) is 253 Å². The van der Waals surface area contributed by atoms with Crippen molar-refractivity contribution in [1.29, 1.82) is 0 Å². The lowest BCUT2D eigenvalue weighted by molar-refractivity contribution is -0.265. The zero-order valence-electron chi connectivity index (χ0n) is 44.3. The summed E-state index contributed by atoms with van der Waals surface area (Å²) in [5.74, 6) is -10.0. The first-order chi connectivity index (χ1) is 33.9. The molecule has 0 aromatic carbocycles. The van der Waals surface area contributed by atoms with Crippen molar-refractivity contribution in [3.05, 3.63) is 47.6 Å². The molecule has 5 N–H and O–H groups in total. The van der Waals surface area contributed by atoms with Gasteiger partial charge in [-0.2, -0.15) is 0 Å². The molecule has 3 heterocycles. The minimum atomic E-state index is -2.48. The van der Waals surface area contributed by atoms with Crippen LogP contribution < -0.4 is 0 Å². The number of aliphatic hydroxyl groups excluding tert-OH is 4. The molecule has 3 aliphatic heterocycles. The number of rotatable bonds is 9. The molecule has 0 aromatic rings. The van der Waals surface area contributed by atoms with Crippen LogP contribution in [0.4, 0.5) is 0 Å². The molecule has 15 atom stereocenters. The number of nitrogens with zero attached hydrogens (tertiary/aromatic N) is 1. The number of aliphatic hydroxyl groups is 5. The summed E-state index contributed by atoms with van der Waals surface area (Å²) in [5.41, 5.74) is -0.441. The van der Waals surface area contributed by atoms with Crippen LogP contribution in [0.2, 0.25) is 0 Å². The maximum atomic E-state index is 14.5. The van der Waals surface area contributed by atoms with Gasteiger partial charge in [-0.15, -0.1) is 0 Å². The van der Waals surface area contributed by atoms with Gasteiger partial charge in [0.25, 0.3) is 11.7 Å². The van der Waals surface area contributed by atoms with Gasteiger partial charge in [0.15, 0.2) is 5.78 Å². The smallest absolute Gasteiger partial charge is 0.329 e. The van der Waals surface area contributed by atoms with E-state index in [0.29, 0.717) is 57.8 Å². The number of cyclic esters (lactones) is 1. The molecule has 406 valence electrons. The number of ketones is 3. The standard InChI is InChI=1S/C55H85NO16/c1-32-16-12-11-13-17-33(2)44(68-9)28-40-21-19-38(7)55(67,72-40)50(63)51(64)56-23-15-14-18-41(56)52(65)70-45(29-42(59)34(3)25-37(6)48(61)49(62)47(60)36(5)24-32)35(4)26-39-20-22-43(46(27-39)69-10)71-53(66)54(8,30-57)31-58/h11-13,16-17,25,32,34-36,38-41,43-46,48-49,57-58,61-62,67H,14-15,18-24,26-31H2,1-10H3/b13-11+,16-12-,33-17+,37-25+/t32-,34-,35-,36-,38-,39+,40+,41+,43-,44+,45+,46-,48-,49+,55-/m1/s1. The Morgan fingerprint density at radius 1 is 0.861 bits per heavy atom. The molecule has 2 saturated heterocycles. The van der Waals surface area contributed by atoms with E-state index >= 15 is 0 Å². The van der Waals surface area contributed by atoms with Gasteiger partial charge in [-0.05, 0) is 114 Å². The molecular formula is C55H85NO16. The molecule has 17 heteroatoms. The Kier molecular flexibility index (Phi) is 23.2. The molecule has 0 spiro atoms. The fourth-order valence-corrected chi connectivity index (χ4v) is 10.5. The first-order valence-electron chi connectivity index (χ1n) is 26.0. The predicted molar refractivity (Wildman–Crippen MR) is 266 cm³/mol. The van der Waals surface area contributed by atoms with Crippen LogP contribution in [0.15, 0.2) is 47.6 Å². The largest absolute Gasteiger partial charge is 0.460 e. The number of carbonyl (C=O) groups excluding carboxylic acids is 6. The van der Waals surface area contributed by atoms with E-state index in [1.807, 2.05) is 51.2 Å². The number of allylic oxidation sites excluding steroid dienone is 6. The summed E-state index contributed by atoms with van der Waals surface area (Å²) >= 11 is 0. The van der Waals surface area contributed by atoms with Crippen molar-refractivity contribution in [2.75, 3.05) is 34.0 Å². The van der Waals surface area contributed by atoms with Gasteiger partial charge in [-0.3, -0.25) is 24.0 Å². The van der Waals surface area contributed by atoms with Crippen LogP contribution in [0.5, 0.6) is 0 Å². The first kappa shape index (κ1) is 60.6. The predicted octanol–water partition coefficient (Wildman–Crippen LogP) is 5.07. The van der Waals surface area contributed by atoms with Gasteiger partial charge in [-0.1, -0.05) is 71.1 Å². The third-order valence-corrected chi connectivity index (χ3v) is 15.7. The molecule has 3 fully saturated rings. The summed E-state index contributed by atoms with van der Waals surface area (Å²) in [6, 6.07) is -1.21. The Morgan fingerprint density at radius 2 is 1.56 bits per heavy atom. The molecule has 1 aliphatic carbocycles. The second-order valence-electron chi connectivity index (χ2n) is 21.6. The molecule has 4 rings (SSSR count). The van der Waals surface area contributed by atoms with E-state index in [9.17, 15) is 54.3 Å². The third-order valence-electron chi connectivity index (χ3n) is 15.7. The van der Waals surface area contributed by atoms with Crippen LogP contribution in [-0.2, 0) is 52.5 Å².